The highest BCUT2D eigenvalue weighted by Gasteiger charge is 2.13. The van der Waals surface area contributed by atoms with E-state index in [1.165, 1.54) is 0 Å². The Hall–Kier alpha value is -1.61. The third-order valence-corrected chi connectivity index (χ3v) is 3.20. The lowest BCUT2D eigenvalue weighted by Crippen LogP contribution is -2.14. The van der Waals surface area contributed by atoms with Crippen LogP contribution in [0.25, 0.3) is 0 Å². The van der Waals surface area contributed by atoms with E-state index in [0.717, 1.165) is 24.1 Å². The maximum atomic E-state index is 11.8. The number of carbonyl (C=O) groups is 1. The van der Waals surface area contributed by atoms with Crippen molar-refractivity contribution in [1.82, 2.24) is 0 Å². The van der Waals surface area contributed by atoms with E-state index in [2.05, 4.69) is 17.5 Å². The van der Waals surface area contributed by atoms with E-state index >= 15 is 0 Å². The summed E-state index contributed by atoms with van der Waals surface area (Å²) in [5, 5.41) is 11.7. The topological polar surface area (TPSA) is 49.3 Å². The molecule has 18 heavy (non-hydrogen) atoms. The molecule has 3 heteroatoms. The maximum Gasteiger partial charge on any atom is 0.224 e. The predicted molar refractivity (Wildman–Crippen MR) is 72.3 cm³/mol. The second-order valence-corrected chi connectivity index (χ2v) is 4.69. The van der Waals surface area contributed by atoms with Gasteiger partial charge in [-0.3, -0.25) is 4.79 Å². The lowest BCUT2D eigenvalue weighted by molar-refractivity contribution is -0.116. The summed E-state index contributed by atoms with van der Waals surface area (Å²) in [5.74, 6) is 0.472. The Morgan fingerprint density at radius 2 is 2.11 bits per heavy atom. The number of carbonyl (C=O) groups excluding carboxylic acids is 1. The van der Waals surface area contributed by atoms with Crippen LogP contribution in [-0.2, 0) is 11.2 Å². The number of anilines is 1. The summed E-state index contributed by atoms with van der Waals surface area (Å²) in [6, 6.07) is 7.63. The molecule has 0 saturated carbocycles. The number of rotatable bonds is 5. The fourth-order valence-electron chi connectivity index (χ4n) is 2.20. The zero-order valence-electron chi connectivity index (χ0n) is 10.4. The van der Waals surface area contributed by atoms with Gasteiger partial charge < -0.3 is 10.4 Å². The van der Waals surface area contributed by atoms with Gasteiger partial charge in [0, 0.05) is 18.7 Å². The molecule has 1 aromatic rings. The molecule has 0 bridgehead atoms. The molecule has 0 fully saturated rings. The van der Waals surface area contributed by atoms with Crippen molar-refractivity contribution in [2.45, 2.75) is 25.7 Å². The van der Waals surface area contributed by atoms with E-state index in [1.54, 1.807) is 0 Å². The van der Waals surface area contributed by atoms with Crippen molar-refractivity contribution < 1.29 is 9.90 Å². The summed E-state index contributed by atoms with van der Waals surface area (Å²) in [7, 11) is 0. The second kappa shape index (κ2) is 6.36. The fraction of sp³-hybridized carbons (Fsp3) is 0.400. The zero-order chi connectivity index (χ0) is 12.8. The van der Waals surface area contributed by atoms with E-state index in [1.807, 2.05) is 24.3 Å². The highest BCUT2D eigenvalue weighted by Crippen LogP contribution is 2.21. The number of amides is 1. The van der Waals surface area contributed by atoms with Gasteiger partial charge in [0.25, 0.3) is 0 Å². The number of hydrogen-bond acceptors (Lipinski definition) is 2. The Morgan fingerprint density at radius 3 is 2.72 bits per heavy atom. The highest BCUT2D eigenvalue weighted by molar-refractivity contribution is 5.91. The van der Waals surface area contributed by atoms with Crippen molar-refractivity contribution in [3.05, 3.63) is 42.0 Å². The van der Waals surface area contributed by atoms with Crippen molar-refractivity contribution in [3.8, 4) is 0 Å². The largest absolute Gasteiger partial charge is 0.396 e. The molecule has 96 valence electrons. The minimum Gasteiger partial charge on any atom is -0.396 e. The van der Waals surface area contributed by atoms with Crippen LogP contribution in [0.1, 0.15) is 24.8 Å². The summed E-state index contributed by atoms with van der Waals surface area (Å²) in [6.07, 6.45) is 7.66. The molecule has 0 aromatic heterocycles. The lowest BCUT2D eigenvalue weighted by Gasteiger charge is -2.09. The molecule has 2 N–H and O–H groups in total. The van der Waals surface area contributed by atoms with Crippen LogP contribution >= 0.6 is 0 Å². The summed E-state index contributed by atoms with van der Waals surface area (Å²) < 4.78 is 0. The highest BCUT2D eigenvalue weighted by atomic mass is 16.2. The van der Waals surface area contributed by atoms with Gasteiger partial charge in [0.15, 0.2) is 0 Å². The smallest absolute Gasteiger partial charge is 0.224 e. The number of aliphatic hydroxyl groups excluding tert-OH is 1. The molecule has 1 atom stereocenters. The van der Waals surface area contributed by atoms with Crippen molar-refractivity contribution in [1.29, 1.82) is 0 Å². The van der Waals surface area contributed by atoms with Crippen LogP contribution in [0, 0.1) is 5.92 Å². The van der Waals surface area contributed by atoms with Crippen molar-refractivity contribution in [3.63, 3.8) is 0 Å². The van der Waals surface area contributed by atoms with Crippen LogP contribution in [0.2, 0.25) is 0 Å². The zero-order valence-corrected chi connectivity index (χ0v) is 10.4. The molecule has 0 aliphatic heterocycles. The Labute approximate surface area is 108 Å². The van der Waals surface area contributed by atoms with Gasteiger partial charge in [0.1, 0.15) is 0 Å². The van der Waals surface area contributed by atoms with Gasteiger partial charge >= 0.3 is 0 Å². The van der Waals surface area contributed by atoms with Crippen molar-refractivity contribution in [2.75, 3.05) is 11.9 Å². The monoisotopic (exact) mass is 245 g/mol. The Bertz CT molecular complexity index is 423. The maximum absolute atomic E-state index is 11.8. The fourth-order valence-corrected chi connectivity index (χ4v) is 2.20. The van der Waals surface area contributed by atoms with Crippen molar-refractivity contribution >= 4 is 11.6 Å². The first-order valence-corrected chi connectivity index (χ1v) is 6.44. The number of benzene rings is 1. The number of allylic oxidation sites excluding steroid dienone is 2. The average Bonchev–Trinajstić information content (AvgIpc) is 2.84. The summed E-state index contributed by atoms with van der Waals surface area (Å²) in [6.45, 7) is 0.153. The third kappa shape index (κ3) is 3.70. The molecule has 1 aliphatic carbocycles. The molecule has 3 nitrogen and oxygen atoms in total. The molecule has 0 radical (unpaired) electrons. The van der Waals surface area contributed by atoms with Crippen LogP contribution in [0.5, 0.6) is 0 Å². The van der Waals surface area contributed by atoms with E-state index in [-0.39, 0.29) is 12.5 Å². The normalized spacial score (nSPS) is 17.9. The first-order valence-electron chi connectivity index (χ1n) is 6.44. The molecular formula is C15H19NO2. The van der Waals surface area contributed by atoms with E-state index in [9.17, 15) is 4.79 Å². The van der Waals surface area contributed by atoms with Crippen LogP contribution in [0.4, 0.5) is 5.69 Å². The van der Waals surface area contributed by atoms with E-state index in [4.69, 9.17) is 5.11 Å². The Balaban J connectivity index is 1.84. The molecule has 0 spiro atoms. The molecule has 0 saturated heterocycles. The first kappa shape index (κ1) is 12.8. The average molecular weight is 245 g/mol. The van der Waals surface area contributed by atoms with Gasteiger partial charge in [-0.05, 0) is 42.9 Å². The molecule has 1 aliphatic rings. The van der Waals surface area contributed by atoms with Crippen LogP contribution in [0.15, 0.2) is 36.4 Å². The summed E-state index contributed by atoms with van der Waals surface area (Å²) in [5.41, 5.74) is 1.90. The molecule has 2 rings (SSSR count). The van der Waals surface area contributed by atoms with Gasteiger partial charge in [-0.15, -0.1) is 0 Å². The standard InChI is InChI=1S/C15H19NO2/c17-10-9-12-5-7-14(8-6-12)16-15(18)11-13-3-1-2-4-13/h1,3,5-8,13,17H,2,4,9-11H2,(H,16,18). The Morgan fingerprint density at radius 1 is 1.33 bits per heavy atom. The number of hydrogen-bond donors (Lipinski definition) is 2. The van der Waals surface area contributed by atoms with Crippen LogP contribution in [0.3, 0.4) is 0 Å². The molecule has 1 amide bonds. The van der Waals surface area contributed by atoms with Gasteiger partial charge in [0.2, 0.25) is 5.91 Å². The number of aliphatic hydroxyl groups is 1. The molecule has 1 aromatic carbocycles. The first-order chi connectivity index (χ1) is 8.78. The Kier molecular flexibility index (Phi) is 4.53. The van der Waals surface area contributed by atoms with Crippen LogP contribution in [-0.4, -0.2) is 17.6 Å². The van der Waals surface area contributed by atoms with Crippen molar-refractivity contribution in [2.24, 2.45) is 5.92 Å². The number of nitrogens with one attached hydrogen (secondary N) is 1. The molecular weight excluding hydrogens is 226 g/mol. The predicted octanol–water partition coefficient (Wildman–Crippen LogP) is 2.52. The molecule has 0 heterocycles. The quantitative estimate of drug-likeness (QED) is 0.783. The second-order valence-electron chi connectivity index (χ2n) is 4.69. The van der Waals surface area contributed by atoms with Gasteiger partial charge in [-0.1, -0.05) is 24.3 Å². The summed E-state index contributed by atoms with van der Waals surface area (Å²) in [4.78, 5) is 11.8. The van der Waals surface area contributed by atoms with Gasteiger partial charge in [-0.25, -0.2) is 0 Å². The summed E-state index contributed by atoms with van der Waals surface area (Å²) >= 11 is 0. The van der Waals surface area contributed by atoms with Gasteiger partial charge in [-0.2, -0.15) is 0 Å². The molecule has 1 unspecified atom stereocenters. The third-order valence-electron chi connectivity index (χ3n) is 3.20. The minimum absolute atomic E-state index is 0.0708. The van der Waals surface area contributed by atoms with Gasteiger partial charge in [0.05, 0.1) is 0 Å². The van der Waals surface area contributed by atoms with E-state index < -0.39 is 0 Å². The van der Waals surface area contributed by atoms with Crippen LogP contribution < -0.4 is 5.32 Å². The lowest BCUT2D eigenvalue weighted by atomic mass is 10.0. The van der Waals surface area contributed by atoms with E-state index in [0.29, 0.717) is 18.8 Å². The minimum atomic E-state index is 0.0708. The SMILES string of the molecule is O=C(CC1C=CCC1)Nc1ccc(CCO)cc1.